The summed E-state index contributed by atoms with van der Waals surface area (Å²) in [5.74, 6) is 0.375. The van der Waals surface area contributed by atoms with Crippen LogP contribution in [0.25, 0.3) is 5.78 Å². The zero-order chi connectivity index (χ0) is 14.2. The Morgan fingerprint density at radius 2 is 2.25 bits per heavy atom. The van der Waals surface area contributed by atoms with Gasteiger partial charge in [-0.15, -0.1) is 0 Å². The Hall–Kier alpha value is -1.73. The predicted octanol–water partition coefficient (Wildman–Crippen LogP) is 0.154. The van der Waals surface area contributed by atoms with Crippen molar-refractivity contribution in [3.63, 3.8) is 0 Å². The summed E-state index contributed by atoms with van der Waals surface area (Å²) in [5.41, 5.74) is -0.0816. The molecule has 0 aliphatic heterocycles. The SMILES string of the molecule is CN(Cc1cc(=O)n2[nH]cnc2n1)CC1(O)CCCC1. The summed E-state index contributed by atoms with van der Waals surface area (Å²) < 4.78 is 1.30. The van der Waals surface area contributed by atoms with E-state index in [1.165, 1.54) is 16.9 Å². The first-order valence-electron chi connectivity index (χ1n) is 6.89. The van der Waals surface area contributed by atoms with Crippen molar-refractivity contribution in [2.45, 2.75) is 37.8 Å². The molecule has 2 aromatic heterocycles. The van der Waals surface area contributed by atoms with Crippen LogP contribution in [0.1, 0.15) is 31.4 Å². The second kappa shape index (κ2) is 4.99. The van der Waals surface area contributed by atoms with Crippen LogP contribution < -0.4 is 5.56 Å². The van der Waals surface area contributed by atoms with Crippen molar-refractivity contribution in [2.75, 3.05) is 13.6 Å². The van der Waals surface area contributed by atoms with Crippen molar-refractivity contribution in [1.82, 2.24) is 24.5 Å². The van der Waals surface area contributed by atoms with E-state index in [-0.39, 0.29) is 5.56 Å². The van der Waals surface area contributed by atoms with Gasteiger partial charge in [0, 0.05) is 19.2 Å². The third-order valence-electron chi connectivity index (χ3n) is 3.85. The molecule has 7 nitrogen and oxygen atoms in total. The summed E-state index contributed by atoms with van der Waals surface area (Å²) >= 11 is 0. The number of aromatic amines is 1. The largest absolute Gasteiger partial charge is 0.389 e. The monoisotopic (exact) mass is 277 g/mol. The topological polar surface area (TPSA) is 86.5 Å². The highest BCUT2D eigenvalue weighted by molar-refractivity contribution is 5.25. The third-order valence-corrected chi connectivity index (χ3v) is 3.85. The zero-order valence-corrected chi connectivity index (χ0v) is 11.5. The van der Waals surface area contributed by atoms with Gasteiger partial charge in [-0.1, -0.05) is 12.8 Å². The molecule has 0 radical (unpaired) electrons. The minimum absolute atomic E-state index is 0.171. The molecule has 1 aliphatic carbocycles. The van der Waals surface area contributed by atoms with E-state index in [0.717, 1.165) is 25.7 Å². The molecular weight excluding hydrogens is 258 g/mol. The molecule has 2 N–H and O–H groups in total. The lowest BCUT2D eigenvalue weighted by Gasteiger charge is -2.28. The first kappa shape index (κ1) is 13.3. The summed E-state index contributed by atoms with van der Waals surface area (Å²) in [7, 11) is 1.93. The Labute approximate surface area is 116 Å². The highest BCUT2D eigenvalue weighted by Crippen LogP contribution is 2.30. The highest BCUT2D eigenvalue weighted by atomic mass is 16.3. The van der Waals surface area contributed by atoms with Gasteiger partial charge in [0.1, 0.15) is 6.33 Å². The van der Waals surface area contributed by atoms with Crippen LogP contribution in [-0.2, 0) is 6.54 Å². The predicted molar refractivity (Wildman–Crippen MR) is 73.4 cm³/mol. The molecule has 108 valence electrons. The van der Waals surface area contributed by atoms with Gasteiger partial charge in [0.2, 0.25) is 0 Å². The quantitative estimate of drug-likeness (QED) is 0.831. The number of nitrogens with zero attached hydrogens (tertiary/aromatic N) is 4. The average molecular weight is 277 g/mol. The van der Waals surface area contributed by atoms with Gasteiger partial charge in [-0.25, -0.2) is 9.97 Å². The number of rotatable bonds is 4. The molecule has 1 fully saturated rings. The van der Waals surface area contributed by atoms with Crippen LogP contribution in [-0.4, -0.2) is 48.8 Å². The Morgan fingerprint density at radius 3 is 3.00 bits per heavy atom. The van der Waals surface area contributed by atoms with Crippen LogP contribution >= 0.6 is 0 Å². The fraction of sp³-hybridized carbons (Fsp3) is 0.615. The summed E-state index contributed by atoms with van der Waals surface area (Å²) in [6, 6.07) is 1.50. The van der Waals surface area contributed by atoms with Gasteiger partial charge in [-0.05, 0) is 19.9 Å². The second-order valence-electron chi connectivity index (χ2n) is 5.71. The fourth-order valence-corrected chi connectivity index (χ4v) is 2.98. The van der Waals surface area contributed by atoms with E-state index in [2.05, 4.69) is 15.1 Å². The van der Waals surface area contributed by atoms with Gasteiger partial charge < -0.3 is 5.11 Å². The number of aromatic nitrogens is 4. The molecule has 1 aliphatic rings. The molecule has 0 unspecified atom stereocenters. The van der Waals surface area contributed by atoms with Crippen LogP contribution in [0.15, 0.2) is 17.2 Å². The molecule has 0 amide bonds. The lowest BCUT2D eigenvalue weighted by atomic mass is 10.0. The number of fused-ring (bicyclic) bond motifs is 1. The minimum atomic E-state index is -0.583. The minimum Gasteiger partial charge on any atom is -0.389 e. The number of likely N-dealkylation sites (N-methyl/N-ethyl adjacent to an activating group) is 1. The van der Waals surface area contributed by atoms with Gasteiger partial charge in [0.25, 0.3) is 11.3 Å². The Morgan fingerprint density at radius 1 is 1.50 bits per heavy atom. The second-order valence-corrected chi connectivity index (χ2v) is 5.71. The van der Waals surface area contributed by atoms with E-state index in [4.69, 9.17) is 0 Å². The van der Waals surface area contributed by atoms with E-state index in [9.17, 15) is 9.90 Å². The van der Waals surface area contributed by atoms with Crippen molar-refractivity contribution in [1.29, 1.82) is 0 Å². The summed E-state index contributed by atoms with van der Waals surface area (Å²) in [6.07, 6.45) is 5.32. The summed E-state index contributed by atoms with van der Waals surface area (Å²) in [5, 5.41) is 13.1. The third kappa shape index (κ3) is 2.59. The molecule has 2 heterocycles. The van der Waals surface area contributed by atoms with E-state index in [0.29, 0.717) is 24.6 Å². The molecule has 2 aromatic rings. The van der Waals surface area contributed by atoms with Crippen molar-refractivity contribution < 1.29 is 5.11 Å². The summed E-state index contributed by atoms with van der Waals surface area (Å²) in [6.45, 7) is 1.13. The van der Waals surface area contributed by atoms with Gasteiger partial charge in [-0.3, -0.25) is 14.8 Å². The average Bonchev–Trinajstić information content (AvgIpc) is 2.98. The Kier molecular flexibility index (Phi) is 3.31. The molecule has 0 bridgehead atoms. The van der Waals surface area contributed by atoms with Crippen molar-refractivity contribution >= 4 is 5.78 Å². The molecule has 0 saturated heterocycles. The fourth-order valence-electron chi connectivity index (χ4n) is 2.98. The van der Waals surface area contributed by atoms with Crippen molar-refractivity contribution in [3.8, 4) is 0 Å². The normalized spacial score (nSPS) is 18.1. The molecular formula is C13H19N5O2. The molecule has 0 aromatic carbocycles. The van der Waals surface area contributed by atoms with Gasteiger partial charge >= 0.3 is 0 Å². The lowest BCUT2D eigenvalue weighted by molar-refractivity contribution is 0.0143. The number of hydrogen-bond donors (Lipinski definition) is 2. The molecule has 1 saturated carbocycles. The Balaban J connectivity index is 1.73. The number of aliphatic hydroxyl groups is 1. The van der Waals surface area contributed by atoms with E-state index in [1.54, 1.807) is 0 Å². The van der Waals surface area contributed by atoms with E-state index in [1.807, 2.05) is 11.9 Å². The van der Waals surface area contributed by atoms with Gasteiger partial charge in [0.15, 0.2) is 0 Å². The van der Waals surface area contributed by atoms with Crippen LogP contribution in [0.2, 0.25) is 0 Å². The standard InChI is InChI=1S/C13H19N5O2/c1-17(8-13(20)4-2-3-5-13)7-10-6-11(19)18-12(16-10)14-9-15-18/h6,9,20H,2-5,7-8H2,1H3,(H,14,15,16). The van der Waals surface area contributed by atoms with Crippen LogP contribution in [0.3, 0.4) is 0 Å². The summed E-state index contributed by atoms with van der Waals surface area (Å²) in [4.78, 5) is 22.2. The maximum Gasteiger partial charge on any atom is 0.274 e. The van der Waals surface area contributed by atoms with E-state index < -0.39 is 5.60 Å². The maximum absolute atomic E-state index is 11.8. The number of nitrogens with one attached hydrogen (secondary N) is 1. The molecule has 7 heteroatoms. The van der Waals surface area contributed by atoms with Crippen LogP contribution in [0.4, 0.5) is 0 Å². The molecule has 0 atom stereocenters. The van der Waals surface area contributed by atoms with Gasteiger partial charge in [-0.2, -0.15) is 4.52 Å². The van der Waals surface area contributed by atoms with Crippen molar-refractivity contribution in [2.24, 2.45) is 0 Å². The number of hydrogen-bond acceptors (Lipinski definition) is 5. The smallest absolute Gasteiger partial charge is 0.274 e. The molecule has 3 rings (SSSR count). The number of H-pyrrole nitrogens is 1. The highest BCUT2D eigenvalue weighted by Gasteiger charge is 2.32. The van der Waals surface area contributed by atoms with Crippen molar-refractivity contribution in [3.05, 3.63) is 28.4 Å². The van der Waals surface area contributed by atoms with E-state index >= 15 is 0 Å². The molecule has 0 spiro atoms. The van der Waals surface area contributed by atoms with Crippen LogP contribution in [0.5, 0.6) is 0 Å². The van der Waals surface area contributed by atoms with Gasteiger partial charge in [0.05, 0.1) is 11.3 Å². The zero-order valence-electron chi connectivity index (χ0n) is 11.5. The van der Waals surface area contributed by atoms with Crippen LogP contribution in [0, 0.1) is 0 Å². The Bertz CT molecular complexity index is 656. The maximum atomic E-state index is 11.8. The lowest BCUT2D eigenvalue weighted by Crippen LogP contribution is -2.39. The molecule has 20 heavy (non-hydrogen) atoms. The first-order valence-corrected chi connectivity index (χ1v) is 6.89. The first-order chi connectivity index (χ1) is 9.56.